The Morgan fingerprint density at radius 2 is 1.73 bits per heavy atom. The van der Waals surface area contributed by atoms with E-state index in [0.717, 1.165) is 28.1 Å². The van der Waals surface area contributed by atoms with Gasteiger partial charge in [-0.1, -0.05) is 75.4 Å². The average Bonchev–Trinajstić information content (AvgIpc) is 3.21. The molecule has 5 nitrogen and oxygen atoms in total. The standard InChI is InChI=1S/C24H30N2O3Si/c1-5-29-23(27)21-17-19(25-26-21)16-15-18-11-9-10-14-22(18)30(28,24(2,3)4)20-12-7-6-8-13-20/h6-14,17,28H,5,15-16H2,1-4H3,(H,25,26). The Morgan fingerprint density at radius 3 is 2.40 bits per heavy atom. The molecular formula is C24H30N2O3Si. The molecule has 0 amide bonds. The van der Waals surface area contributed by atoms with E-state index < -0.39 is 14.3 Å². The third kappa shape index (κ3) is 4.39. The molecule has 1 heterocycles. The van der Waals surface area contributed by atoms with Gasteiger partial charge in [0.15, 0.2) is 5.69 Å². The van der Waals surface area contributed by atoms with E-state index in [1.165, 1.54) is 0 Å². The monoisotopic (exact) mass is 422 g/mol. The molecule has 158 valence electrons. The van der Waals surface area contributed by atoms with Crippen LogP contribution in [0.25, 0.3) is 0 Å². The fourth-order valence-electron chi connectivity index (χ4n) is 3.83. The number of aromatic nitrogens is 2. The molecule has 3 rings (SSSR count). The molecule has 0 bridgehead atoms. The minimum absolute atomic E-state index is 0.282. The summed E-state index contributed by atoms with van der Waals surface area (Å²) in [6.07, 6.45) is 1.42. The maximum atomic E-state index is 12.2. The molecule has 0 radical (unpaired) electrons. The van der Waals surface area contributed by atoms with Gasteiger partial charge >= 0.3 is 5.97 Å². The molecule has 0 saturated carbocycles. The summed E-state index contributed by atoms with van der Waals surface area (Å²) in [5, 5.41) is 8.76. The van der Waals surface area contributed by atoms with Gasteiger partial charge in [0.25, 0.3) is 8.32 Å². The first-order valence-corrected chi connectivity index (χ1v) is 12.3. The number of nitrogens with zero attached hydrogens (tertiary/aromatic N) is 1. The van der Waals surface area contributed by atoms with Crippen LogP contribution in [0.4, 0.5) is 0 Å². The van der Waals surface area contributed by atoms with E-state index in [0.29, 0.717) is 18.7 Å². The number of hydrogen-bond donors (Lipinski definition) is 2. The number of aryl methyl sites for hydroxylation is 2. The van der Waals surface area contributed by atoms with Crippen molar-refractivity contribution in [2.45, 2.75) is 45.6 Å². The summed E-state index contributed by atoms with van der Waals surface area (Å²) in [4.78, 5) is 24.0. The van der Waals surface area contributed by atoms with Crippen molar-refractivity contribution >= 4 is 24.7 Å². The van der Waals surface area contributed by atoms with E-state index >= 15 is 0 Å². The summed E-state index contributed by atoms with van der Waals surface area (Å²) < 4.78 is 5.01. The molecule has 0 fully saturated rings. The second kappa shape index (κ2) is 8.98. The third-order valence-electron chi connectivity index (χ3n) is 5.46. The van der Waals surface area contributed by atoms with E-state index in [4.69, 9.17) is 4.74 Å². The topological polar surface area (TPSA) is 75.2 Å². The van der Waals surface area contributed by atoms with Gasteiger partial charge in [0.2, 0.25) is 0 Å². The number of nitrogens with one attached hydrogen (secondary N) is 1. The van der Waals surface area contributed by atoms with Crippen molar-refractivity contribution in [2.75, 3.05) is 6.61 Å². The SMILES string of the molecule is CCOC(=O)c1cc(CCc2ccccc2[Si](O)(c2ccccc2)C(C)(C)C)[nH]n1. The van der Waals surface area contributed by atoms with Gasteiger partial charge < -0.3 is 9.53 Å². The fourth-order valence-corrected chi connectivity index (χ4v) is 7.50. The number of carbonyl (C=O) groups excluding carboxylic acids is 1. The van der Waals surface area contributed by atoms with Gasteiger partial charge in [-0.15, -0.1) is 0 Å². The molecule has 2 aromatic carbocycles. The first-order valence-electron chi connectivity index (χ1n) is 10.3. The highest BCUT2D eigenvalue weighted by molar-refractivity contribution is 6.98. The molecule has 0 saturated heterocycles. The predicted octanol–water partition coefficient (Wildman–Crippen LogP) is 3.22. The number of esters is 1. The molecule has 0 aliphatic heterocycles. The zero-order valence-electron chi connectivity index (χ0n) is 18.1. The van der Waals surface area contributed by atoms with Crippen molar-refractivity contribution in [3.8, 4) is 0 Å². The summed E-state index contributed by atoms with van der Waals surface area (Å²) in [6, 6.07) is 19.9. The number of carbonyl (C=O) groups is 1. The van der Waals surface area contributed by atoms with Crippen LogP contribution < -0.4 is 10.4 Å². The highest BCUT2D eigenvalue weighted by atomic mass is 28.4. The molecule has 1 atom stereocenters. The van der Waals surface area contributed by atoms with Gasteiger partial charge in [-0.25, -0.2) is 4.79 Å². The number of benzene rings is 2. The zero-order chi connectivity index (χ0) is 21.8. The Hall–Kier alpha value is -2.70. The smallest absolute Gasteiger partial charge is 0.358 e. The third-order valence-corrected chi connectivity index (χ3v) is 10.1. The lowest BCUT2D eigenvalue weighted by atomic mass is 10.1. The zero-order valence-corrected chi connectivity index (χ0v) is 19.1. The number of hydrogen-bond acceptors (Lipinski definition) is 4. The number of H-pyrrole nitrogens is 1. The van der Waals surface area contributed by atoms with Gasteiger partial charge in [0.05, 0.1) is 6.61 Å². The van der Waals surface area contributed by atoms with Crippen LogP contribution in [-0.2, 0) is 17.6 Å². The van der Waals surface area contributed by atoms with Crippen LogP contribution in [0.1, 0.15) is 49.4 Å². The van der Waals surface area contributed by atoms with E-state index in [1.807, 2.05) is 42.5 Å². The first-order chi connectivity index (χ1) is 14.3. The van der Waals surface area contributed by atoms with Crippen molar-refractivity contribution in [1.82, 2.24) is 10.2 Å². The van der Waals surface area contributed by atoms with Crippen LogP contribution in [-0.4, -0.2) is 35.9 Å². The molecule has 6 heteroatoms. The molecule has 1 unspecified atom stereocenters. The Kier molecular flexibility index (Phi) is 6.58. The lowest BCUT2D eigenvalue weighted by Crippen LogP contribution is -2.65. The maximum Gasteiger partial charge on any atom is 0.358 e. The van der Waals surface area contributed by atoms with Crippen molar-refractivity contribution in [3.63, 3.8) is 0 Å². The number of ether oxygens (including phenoxy) is 1. The Balaban J connectivity index is 1.91. The van der Waals surface area contributed by atoms with E-state index in [1.54, 1.807) is 13.0 Å². The van der Waals surface area contributed by atoms with Gasteiger partial charge in [0.1, 0.15) is 0 Å². The highest BCUT2D eigenvalue weighted by Gasteiger charge is 2.48. The van der Waals surface area contributed by atoms with Crippen molar-refractivity contribution in [2.24, 2.45) is 0 Å². The van der Waals surface area contributed by atoms with Gasteiger partial charge in [0, 0.05) is 5.69 Å². The summed E-state index contributed by atoms with van der Waals surface area (Å²) >= 11 is 0. The summed E-state index contributed by atoms with van der Waals surface area (Å²) in [5.74, 6) is -0.418. The van der Waals surface area contributed by atoms with Crippen LogP contribution in [0.5, 0.6) is 0 Å². The average molecular weight is 423 g/mol. The van der Waals surface area contributed by atoms with Crippen molar-refractivity contribution in [3.05, 3.63) is 77.6 Å². The Labute approximate surface area is 179 Å². The summed E-state index contributed by atoms with van der Waals surface area (Å²) in [6.45, 7) is 8.44. The van der Waals surface area contributed by atoms with Crippen molar-refractivity contribution in [1.29, 1.82) is 0 Å². The summed E-state index contributed by atoms with van der Waals surface area (Å²) in [5.41, 5.74) is 2.29. The molecule has 0 spiro atoms. The van der Waals surface area contributed by atoms with E-state index in [-0.39, 0.29) is 5.04 Å². The van der Waals surface area contributed by atoms with Crippen LogP contribution in [0.2, 0.25) is 5.04 Å². The molecule has 3 aromatic rings. The Morgan fingerprint density at radius 1 is 1.07 bits per heavy atom. The quantitative estimate of drug-likeness (QED) is 0.453. The van der Waals surface area contributed by atoms with Crippen LogP contribution in [0.3, 0.4) is 0 Å². The molecular weight excluding hydrogens is 392 g/mol. The first kappa shape index (κ1) is 22.0. The van der Waals surface area contributed by atoms with Crippen LogP contribution in [0, 0.1) is 0 Å². The molecule has 0 aliphatic carbocycles. The van der Waals surface area contributed by atoms with E-state index in [9.17, 15) is 9.59 Å². The minimum atomic E-state index is -3.01. The van der Waals surface area contributed by atoms with Gasteiger partial charge in [-0.05, 0) is 46.8 Å². The minimum Gasteiger partial charge on any atom is -0.461 e. The van der Waals surface area contributed by atoms with E-state index in [2.05, 4.69) is 43.1 Å². The van der Waals surface area contributed by atoms with Gasteiger partial charge in [-0.3, -0.25) is 5.10 Å². The number of aromatic amines is 1. The largest absolute Gasteiger partial charge is 0.461 e. The normalized spacial score (nSPS) is 13.6. The second-order valence-electron chi connectivity index (χ2n) is 8.48. The number of rotatable bonds is 7. The Bertz CT molecular complexity index is 995. The summed E-state index contributed by atoms with van der Waals surface area (Å²) in [7, 11) is -3.01. The fraction of sp³-hybridized carbons (Fsp3) is 0.333. The lowest BCUT2D eigenvalue weighted by molar-refractivity contribution is 0.0519. The molecule has 1 aromatic heterocycles. The van der Waals surface area contributed by atoms with Crippen molar-refractivity contribution < 1.29 is 14.3 Å². The van der Waals surface area contributed by atoms with Crippen LogP contribution in [0.15, 0.2) is 60.7 Å². The lowest BCUT2D eigenvalue weighted by Gasteiger charge is -2.39. The molecule has 0 aliphatic rings. The highest BCUT2D eigenvalue weighted by Crippen LogP contribution is 2.34. The predicted molar refractivity (Wildman–Crippen MR) is 122 cm³/mol. The van der Waals surface area contributed by atoms with Crippen LogP contribution >= 0.6 is 0 Å². The van der Waals surface area contributed by atoms with Gasteiger partial charge in [-0.2, -0.15) is 5.10 Å². The maximum absolute atomic E-state index is 12.2. The second-order valence-corrected chi connectivity index (χ2v) is 12.5. The molecule has 30 heavy (non-hydrogen) atoms. The molecule has 2 N–H and O–H groups in total.